The Labute approximate surface area is 656 Å². The number of nitrogens with zero attached hydrogens (tertiary/aromatic N) is 1. The third kappa shape index (κ3) is 34.1. The minimum Gasteiger partial charge on any atom is -0.508 e. The van der Waals surface area contributed by atoms with E-state index in [0.717, 1.165) is 6.92 Å². The van der Waals surface area contributed by atoms with Gasteiger partial charge >= 0.3 is 11.9 Å². The van der Waals surface area contributed by atoms with Gasteiger partial charge in [0.1, 0.15) is 72.2 Å². The van der Waals surface area contributed by atoms with Crippen LogP contribution in [0.4, 0.5) is 0 Å². The van der Waals surface area contributed by atoms with E-state index in [1.54, 1.807) is 51.1 Å². The summed E-state index contributed by atoms with van der Waals surface area (Å²) in [6.45, 7) is 8.38. The van der Waals surface area contributed by atoms with Gasteiger partial charge in [-0.2, -0.15) is 0 Å². The van der Waals surface area contributed by atoms with Crippen LogP contribution in [0.2, 0.25) is 0 Å². The van der Waals surface area contributed by atoms with E-state index < -0.39 is 224 Å². The van der Waals surface area contributed by atoms with Crippen molar-refractivity contribution in [3.05, 3.63) is 83.9 Å². The van der Waals surface area contributed by atoms with E-state index in [0.29, 0.717) is 30.5 Å². The molecule has 14 atom stereocenters. The number of phenols is 1. The number of aliphatic carboxylic acids is 2. The smallest absolute Gasteiger partial charge is 0.325 e. The Morgan fingerprint density at radius 1 is 0.535 bits per heavy atom. The molecule has 4 rings (SSSR count). The Morgan fingerprint density at radius 2 is 1.04 bits per heavy atom. The van der Waals surface area contributed by atoms with E-state index in [1.807, 2.05) is 0 Å². The number of phenolic OH excluding ortho intramolecular Hbond substituents is 1. The summed E-state index contributed by atoms with van der Waals surface area (Å²) in [7, 11) is 0. The van der Waals surface area contributed by atoms with Crippen molar-refractivity contribution in [2.75, 3.05) is 32.7 Å². The van der Waals surface area contributed by atoms with E-state index in [2.05, 4.69) is 95.0 Å². The van der Waals surface area contributed by atoms with E-state index in [1.165, 1.54) is 57.6 Å². The maximum Gasteiger partial charge on any atom is 0.325 e. The molecule has 626 valence electrons. The number of carbonyl (C=O) groups is 17. The fourth-order valence-electron chi connectivity index (χ4n) is 11.4. The van der Waals surface area contributed by atoms with Crippen molar-refractivity contribution in [3.8, 4) is 5.75 Å². The number of benzene rings is 2. The highest BCUT2D eigenvalue weighted by Crippen LogP contribution is 2.16. The van der Waals surface area contributed by atoms with Gasteiger partial charge in [0.05, 0.1) is 50.2 Å². The van der Waals surface area contributed by atoms with Gasteiger partial charge in [-0.05, 0) is 101 Å². The molecular formula is C72H107N21O21. The number of aliphatic hydroxyl groups excluding tert-OH is 1. The number of carboxylic acids is 2. The highest BCUT2D eigenvalue weighted by Gasteiger charge is 2.38. The third-order valence-electron chi connectivity index (χ3n) is 17.8. The lowest BCUT2D eigenvalue weighted by molar-refractivity contribution is -0.142. The number of aromatic nitrogens is 2. The van der Waals surface area contributed by atoms with Crippen molar-refractivity contribution in [1.29, 1.82) is 5.41 Å². The first-order valence-corrected chi connectivity index (χ1v) is 37.0. The molecule has 1 fully saturated rings. The van der Waals surface area contributed by atoms with Crippen LogP contribution in [-0.2, 0) is 101 Å². The van der Waals surface area contributed by atoms with Crippen LogP contribution in [0.5, 0.6) is 5.75 Å². The Balaban J connectivity index is 1.40. The number of hydrogen-bond donors (Lipinski definition) is 24. The minimum atomic E-state index is -1.92. The zero-order valence-electron chi connectivity index (χ0n) is 64.4. The van der Waals surface area contributed by atoms with Gasteiger partial charge in [0.15, 0.2) is 5.96 Å². The number of H-pyrrole nitrogens is 1. The molecule has 26 N–H and O–H groups in total. The average Bonchev–Trinajstić information content (AvgIpc) is 0.852. The lowest BCUT2D eigenvalue weighted by Gasteiger charge is -2.29. The number of primary amides is 1. The normalized spacial score (nSPS) is 15.7. The van der Waals surface area contributed by atoms with Gasteiger partial charge in [-0.1, -0.05) is 76.6 Å². The standard InChI is InChI=1S/C72H107N21O21/c1-8-37(4)58(92-64(106)47(22-23-53(73)96)88-68(110)52(30-57(100)101)91-67(109)50(28-42-18-20-44(95)21-19-42)90-63(105)45-16-12-24-77-45)70(112)93-59(40(7)94)69(111)81-32-54(97)83-38(5)60(102)89-51(29-43-31-76-35-82-43)62(104)80-34-55(98)85-48(26-36(2)3)66(108)87-46(17-13-25-78-72(74)75)61(103)79-33-56(99)86-49(27-41-14-10-9-11-15-41)65(107)84-39(6)71(113)114/h9-11,14-15,18-21,31,35-40,45-52,58-59,77,94-95H,8,12-13,16-17,22-30,32-34H2,1-7H3,(H2,73,96)(H,76,82)(H,79,103)(H,80,104)(H,81,111)(H,83,97)(H,84,107)(H,85,98)(H,86,99)(H,87,108)(H,88,110)(H,89,102)(H,90,105)(H,91,109)(H,92,106)(H,93,112)(H,100,101)(H,113,114)(H4,74,75,78). The van der Waals surface area contributed by atoms with Crippen molar-refractivity contribution in [1.82, 2.24) is 95.0 Å². The van der Waals surface area contributed by atoms with Crippen LogP contribution in [0.3, 0.4) is 0 Å². The number of guanidine groups is 1. The van der Waals surface area contributed by atoms with Crippen LogP contribution in [-0.4, -0.2) is 248 Å². The number of rotatable bonds is 49. The van der Waals surface area contributed by atoms with E-state index in [-0.39, 0.29) is 74.8 Å². The summed E-state index contributed by atoms with van der Waals surface area (Å²) in [5.41, 5.74) is 12.2. The van der Waals surface area contributed by atoms with Crippen LogP contribution in [0.25, 0.3) is 0 Å². The average molecular weight is 1600 g/mol. The topological polar surface area (TPSA) is 668 Å². The fraction of sp³-hybridized carbons (Fsp3) is 0.542. The van der Waals surface area contributed by atoms with E-state index in [4.69, 9.17) is 16.9 Å². The number of nitrogens with one attached hydrogen (secondary N) is 18. The first-order valence-electron chi connectivity index (χ1n) is 37.0. The number of aromatic amines is 1. The quantitative estimate of drug-likeness (QED) is 0.0142. The first-order chi connectivity index (χ1) is 53.8. The highest BCUT2D eigenvalue weighted by atomic mass is 16.4. The van der Waals surface area contributed by atoms with Gasteiger partial charge in [0, 0.05) is 38.4 Å². The number of amides is 15. The molecule has 3 aromatic rings. The molecular weight excluding hydrogens is 1490 g/mol. The maximum atomic E-state index is 14.2. The van der Waals surface area contributed by atoms with Gasteiger partial charge in [-0.15, -0.1) is 0 Å². The highest BCUT2D eigenvalue weighted by molar-refractivity contribution is 6.00. The monoisotopic (exact) mass is 1600 g/mol. The third-order valence-corrected chi connectivity index (χ3v) is 17.8. The Morgan fingerprint density at radius 3 is 1.59 bits per heavy atom. The van der Waals surface area contributed by atoms with Crippen molar-refractivity contribution in [2.24, 2.45) is 23.3 Å². The minimum absolute atomic E-state index is 0.0104. The predicted octanol–water partition coefficient (Wildman–Crippen LogP) is -6.82. The zero-order chi connectivity index (χ0) is 84.9. The second-order valence-corrected chi connectivity index (χ2v) is 27.8. The number of carbonyl (C=O) groups excluding carboxylic acids is 15. The van der Waals surface area contributed by atoms with Gasteiger partial charge in [0.25, 0.3) is 0 Å². The van der Waals surface area contributed by atoms with Gasteiger partial charge in [-0.25, -0.2) is 4.98 Å². The molecule has 114 heavy (non-hydrogen) atoms. The molecule has 0 aliphatic carbocycles. The Bertz CT molecular complexity index is 3820. The molecule has 14 unspecified atom stereocenters. The van der Waals surface area contributed by atoms with Crippen LogP contribution >= 0.6 is 0 Å². The molecule has 0 radical (unpaired) electrons. The molecule has 1 aliphatic heterocycles. The van der Waals surface area contributed by atoms with Gasteiger partial charge in [-0.3, -0.25) is 86.9 Å². The number of imidazole rings is 1. The van der Waals surface area contributed by atoms with Crippen molar-refractivity contribution < 1.29 is 102 Å². The van der Waals surface area contributed by atoms with Gasteiger partial charge < -0.3 is 122 Å². The van der Waals surface area contributed by atoms with Crippen molar-refractivity contribution in [2.45, 2.75) is 204 Å². The van der Waals surface area contributed by atoms with Crippen LogP contribution in [0.1, 0.15) is 123 Å². The molecule has 1 aromatic heterocycles. The van der Waals surface area contributed by atoms with Crippen molar-refractivity contribution >= 4 is 107 Å². The van der Waals surface area contributed by atoms with Crippen LogP contribution in [0, 0.1) is 17.2 Å². The second-order valence-electron chi connectivity index (χ2n) is 27.8. The largest absolute Gasteiger partial charge is 0.508 e. The Kier molecular flexibility index (Phi) is 39.4. The molecule has 15 amide bonds. The molecule has 1 aliphatic rings. The summed E-state index contributed by atoms with van der Waals surface area (Å²) in [4.78, 5) is 235. The van der Waals surface area contributed by atoms with Crippen LogP contribution in [0.15, 0.2) is 67.1 Å². The van der Waals surface area contributed by atoms with E-state index >= 15 is 0 Å². The molecule has 0 saturated carbocycles. The molecule has 0 spiro atoms. The number of aromatic hydroxyl groups is 1. The molecule has 42 nitrogen and oxygen atoms in total. The molecule has 42 heteroatoms. The number of nitrogens with two attached hydrogens (primary N) is 2. The molecule has 1 saturated heterocycles. The summed E-state index contributed by atoms with van der Waals surface area (Å²) < 4.78 is 0. The summed E-state index contributed by atoms with van der Waals surface area (Å²) in [6.07, 6.45) is -0.353. The molecule has 2 heterocycles. The summed E-state index contributed by atoms with van der Waals surface area (Å²) in [5, 5.41) is 86.9. The number of hydrogen-bond acceptors (Lipinski definition) is 22. The second kappa shape index (κ2) is 47.8. The summed E-state index contributed by atoms with van der Waals surface area (Å²) in [6, 6.07) is -3.31. The molecule has 2 aromatic carbocycles. The molecule has 0 bridgehead atoms. The first kappa shape index (κ1) is 94.0. The number of aliphatic hydroxyl groups is 1. The van der Waals surface area contributed by atoms with Crippen LogP contribution < -0.4 is 96.5 Å². The van der Waals surface area contributed by atoms with E-state index in [9.17, 15) is 102 Å². The Hall–Kier alpha value is -12.4. The lowest BCUT2D eigenvalue weighted by atomic mass is 9.96. The fourth-order valence-corrected chi connectivity index (χ4v) is 11.4. The van der Waals surface area contributed by atoms with Crippen molar-refractivity contribution in [3.63, 3.8) is 0 Å². The maximum absolute atomic E-state index is 14.2. The van der Waals surface area contributed by atoms with Gasteiger partial charge in [0.2, 0.25) is 88.6 Å². The zero-order valence-corrected chi connectivity index (χ0v) is 64.4. The summed E-state index contributed by atoms with van der Waals surface area (Å²) in [5.74, 6) is -18.8. The SMILES string of the molecule is CCC(C)C(NC(=O)C(CCC(N)=O)NC(=O)C(CC(=O)O)NC(=O)C(Cc1ccc(O)cc1)NC(=O)C1CCCN1)C(=O)NC(C(=O)NCC(=O)NC(C)C(=O)NC(Cc1c[nH]cn1)C(=O)NCC(=O)NC(CC(C)C)C(=O)NC(CCCNC(=N)N)C(=O)NCC(=O)NC(Cc1ccccc1)C(=O)NC(C)C(=O)O)C(C)O. The summed E-state index contributed by atoms with van der Waals surface area (Å²) >= 11 is 0. The predicted molar refractivity (Wildman–Crippen MR) is 405 cm³/mol. The number of carboxylic acid groups (broad SMARTS) is 2. The lowest BCUT2D eigenvalue weighted by Crippen LogP contribution is -2.62.